The first-order chi connectivity index (χ1) is 10.0. The van der Waals surface area contributed by atoms with E-state index < -0.39 is 5.97 Å². The van der Waals surface area contributed by atoms with Gasteiger partial charge in [-0.25, -0.2) is 4.79 Å². The predicted octanol–water partition coefficient (Wildman–Crippen LogP) is 4.25. The van der Waals surface area contributed by atoms with Gasteiger partial charge in [-0.2, -0.15) is 0 Å². The minimum atomic E-state index is -0.433. The molecule has 6 heteroatoms. The van der Waals surface area contributed by atoms with Crippen LogP contribution in [0, 0.1) is 6.92 Å². The summed E-state index contributed by atoms with van der Waals surface area (Å²) in [6.45, 7) is 3.99. The number of rotatable bonds is 4. The third-order valence-corrected chi connectivity index (χ3v) is 4.24. The molecule has 0 spiro atoms. The standard InChI is InChI=1S/C15H14BrNO3S/c1-3-20-15(19)11-6-7-21-14(11)17-13(18)10-5-4-9(2)8-12(10)16/h4-8H,3H2,1-2H3,(H,17,18). The number of benzene rings is 1. The lowest BCUT2D eigenvalue weighted by atomic mass is 10.1. The van der Waals surface area contributed by atoms with E-state index in [2.05, 4.69) is 21.2 Å². The molecule has 2 rings (SSSR count). The van der Waals surface area contributed by atoms with Gasteiger partial charge in [0.1, 0.15) is 5.00 Å². The summed E-state index contributed by atoms with van der Waals surface area (Å²) < 4.78 is 5.68. The van der Waals surface area contributed by atoms with E-state index in [-0.39, 0.29) is 5.91 Å². The third-order valence-electron chi connectivity index (χ3n) is 2.76. The second kappa shape index (κ2) is 6.87. The normalized spacial score (nSPS) is 10.2. The molecule has 0 aliphatic heterocycles. The fourth-order valence-electron chi connectivity index (χ4n) is 1.75. The fraction of sp³-hybridized carbons (Fsp3) is 0.200. The van der Waals surface area contributed by atoms with Gasteiger partial charge in [0.2, 0.25) is 0 Å². The van der Waals surface area contributed by atoms with Gasteiger partial charge in [0.15, 0.2) is 0 Å². The van der Waals surface area contributed by atoms with Gasteiger partial charge in [-0.05, 0) is 58.9 Å². The van der Waals surface area contributed by atoms with Crippen molar-refractivity contribution in [2.24, 2.45) is 0 Å². The SMILES string of the molecule is CCOC(=O)c1ccsc1NC(=O)c1ccc(C)cc1Br. The Morgan fingerprint density at radius 3 is 2.71 bits per heavy atom. The van der Waals surface area contributed by atoms with Gasteiger partial charge in [-0.3, -0.25) is 4.79 Å². The van der Waals surface area contributed by atoms with Gasteiger partial charge in [0.25, 0.3) is 5.91 Å². The van der Waals surface area contributed by atoms with Gasteiger partial charge in [0.05, 0.1) is 17.7 Å². The lowest BCUT2D eigenvalue weighted by Gasteiger charge is -2.08. The molecule has 0 atom stereocenters. The molecule has 1 amide bonds. The molecule has 0 radical (unpaired) electrons. The van der Waals surface area contributed by atoms with Crippen LogP contribution in [0.2, 0.25) is 0 Å². The smallest absolute Gasteiger partial charge is 0.341 e. The van der Waals surface area contributed by atoms with Crippen LogP contribution in [0.4, 0.5) is 5.00 Å². The zero-order chi connectivity index (χ0) is 15.4. The Balaban J connectivity index is 2.20. The number of amides is 1. The Morgan fingerprint density at radius 2 is 2.05 bits per heavy atom. The number of thiophene rings is 1. The van der Waals surface area contributed by atoms with E-state index in [1.54, 1.807) is 24.4 Å². The van der Waals surface area contributed by atoms with Crippen LogP contribution >= 0.6 is 27.3 Å². The lowest BCUT2D eigenvalue weighted by Crippen LogP contribution is -2.14. The Morgan fingerprint density at radius 1 is 1.29 bits per heavy atom. The highest BCUT2D eigenvalue weighted by Crippen LogP contribution is 2.26. The topological polar surface area (TPSA) is 55.4 Å². The Kier molecular flexibility index (Phi) is 5.14. The highest BCUT2D eigenvalue weighted by molar-refractivity contribution is 9.10. The van der Waals surface area contributed by atoms with Crippen LogP contribution in [0.25, 0.3) is 0 Å². The van der Waals surface area contributed by atoms with Crippen LogP contribution in [-0.2, 0) is 4.74 Å². The maximum atomic E-state index is 12.3. The molecule has 1 aromatic carbocycles. The maximum Gasteiger partial charge on any atom is 0.341 e. The zero-order valence-corrected chi connectivity index (χ0v) is 14.0. The molecular weight excluding hydrogens is 354 g/mol. The van der Waals surface area contributed by atoms with Crippen LogP contribution in [0.3, 0.4) is 0 Å². The first-order valence-corrected chi connectivity index (χ1v) is 8.02. The summed E-state index contributed by atoms with van der Waals surface area (Å²) in [7, 11) is 0. The van der Waals surface area contributed by atoms with Crippen LogP contribution in [-0.4, -0.2) is 18.5 Å². The number of carbonyl (C=O) groups excluding carboxylic acids is 2. The van der Waals surface area contributed by atoms with Crippen molar-refractivity contribution in [1.82, 2.24) is 0 Å². The van der Waals surface area contributed by atoms with Crippen molar-refractivity contribution in [2.75, 3.05) is 11.9 Å². The summed E-state index contributed by atoms with van der Waals surface area (Å²) in [5.41, 5.74) is 1.95. The Bertz CT molecular complexity index is 681. The largest absolute Gasteiger partial charge is 0.462 e. The molecule has 0 unspecified atom stereocenters. The summed E-state index contributed by atoms with van der Waals surface area (Å²) in [6, 6.07) is 7.12. The zero-order valence-electron chi connectivity index (χ0n) is 11.6. The summed E-state index contributed by atoms with van der Waals surface area (Å²) in [6.07, 6.45) is 0. The number of ether oxygens (including phenoxy) is 1. The van der Waals surface area contributed by atoms with Crippen LogP contribution in [0.1, 0.15) is 33.2 Å². The Hall–Kier alpha value is -1.66. The number of carbonyl (C=O) groups is 2. The molecule has 0 bridgehead atoms. The number of esters is 1. The average molecular weight is 368 g/mol. The quantitative estimate of drug-likeness (QED) is 0.821. The lowest BCUT2D eigenvalue weighted by molar-refractivity contribution is 0.0528. The minimum absolute atomic E-state index is 0.269. The second-order valence-electron chi connectivity index (χ2n) is 4.32. The molecule has 1 N–H and O–H groups in total. The van der Waals surface area contributed by atoms with Gasteiger partial charge in [-0.1, -0.05) is 6.07 Å². The molecule has 21 heavy (non-hydrogen) atoms. The Labute approximate surface area is 135 Å². The van der Waals surface area contributed by atoms with Crippen molar-refractivity contribution >= 4 is 44.1 Å². The van der Waals surface area contributed by atoms with Crippen molar-refractivity contribution in [2.45, 2.75) is 13.8 Å². The number of halogens is 1. The summed E-state index contributed by atoms with van der Waals surface area (Å²) in [5.74, 6) is -0.702. The molecule has 1 heterocycles. The molecule has 0 fully saturated rings. The van der Waals surface area contributed by atoms with E-state index in [9.17, 15) is 9.59 Å². The van der Waals surface area contributed by atoms with Gasteiger partial charge in [0, 0.05) is 4.47 Å². The predicted molar refractivity (Wildman–Crippen MR) is 87.1 cm³/mol. The van der Waals surface area contributed by atoms with Crippen molar-refractivity contribution < 1.29 is 14.3 Å². The van der Waals surface area contributed by atoms with E-state index in [1.807, 2.05) is 19.1 Å². The molecule has 110 valence electrons. The number of nitrogens with one attached hydrogen (secondary N) is 1. The van der Waals surface area contributed by atoms with Crippen molar-refractivity contribution in [3.05, 3.63) is 50.8 Å². The van der Waals surface area contributed by atoms with E-state index in [4.69, 9.17) is 4.74 Å². The number of hydrogen-bond acceptors (Lipinski definition) is 4. The minimum Gasteiger partial charge on any atom is -0.462 e. The molecule has 0 saturated carbocycles. The maximum absolute atomic E-state index is 12.3. The first kappa shape index (κ1) is 15.7. The summed E-state index contributed by atoms with van der Waals surface area (Å²) in [5, 5.41) is 4.99. The van der Waals surface area contributed by atoms with Crippen LogP contribution < -0.4 is 5.32 Å². The molecule has 0 aliphatic rings. The highest BCUT2D eigenvalue weighted by atomic mass is 79.9. The summed E-state index contributed by atoms with van der Waals surface area (Å²) >= 11 is 4.66. The first-order valence-electron chi connectivity index (χ1n) is 6.35. The van der Waals surface area contributed by atoms with Crippen molar-refractivity contribution in [3.8, 4) is 0 Å². The van der Waals surface area contributed by atoms with Crippen LogP contribution in [0.5, 0.6) is 0 Å². The molecule has 1 aromatic heterocycles. The van der Waals surface area contributed by atoms with Gasteiger partial charge < -0.3 is 10.1 Å². The third kappa shape index (κ3) is 3.71. The molecule has 0 aliphatic carbocycles. The van der Waals surface area contributed by atoms with E-state index >= 15 is 0 Å². The van der Waals surface area contributed by atoms with E-state index in [1.165, 1.54) is 11.3 Å². The molecular formula is C15H14BrNO3S. The number of hydrogen-bond donors (Lipinski definition) is 1. The molecule has 2 aromatic rings. The second-order valence-corrected chi connectivity index (χ2v) is 6.09. The molecule has 0 saturated heterocycles. The summed E-state index contributed by atoms with van der Waals surface area (Å²) in [4.78, 5) is 24.1. The number of aryl methyl sites for hydroxylation is 1. The van der Waals surface area contributed by atoms with Gasteiger partial charge >= 0.3 is 5.97 Å². The number of anilines is 1. The van der Waals surface area contributed by atoms with Crippen molar-refractivity contribution in [1.29, 1.82) is 0 Å². The van der Waals surface area contributed by atoms with E-state index in [0.717, 1.165) is 5.56 Å². The van der Waals surface area contributed by atoms with E-state index in [0.29, 0.717) is 27.2 Å². The average Bonchev–Trinajstić information content (AvgIpc) is 2.87. The van der Waals surface area contributed by atoms with Crippen LogP contribution in [0.15, 0.2) is 34.1 Å². The molecule has 4 nitrogen and oxygen atoms in total. The van der Waals surface area contributed by atoms with Crippen molar-refractivity contribution in [3.63, 3.8) is 0 Å². The fourth-order valence-corrected chi connectivity index (χ4v) is 3.19. The monoisotopic (exact) mass is 367 g/mol. The highest BCUT2D eigenvalue weighted by Gasteiger charge is 2.17. The van der Waals surface area contributed by atoms with Gasteiger partial charge in [-0.15, -0.1) is 11.3 Å².